The van der Waals surface area contributed by atoms with Crippen molar-refractivity contribution in [2.24, 2.45) is 5.92 Å². The molecule has 2 aromatic carbocycles. The Kier molecular flexibility index (Phi) is 8.19. The molecule has 0 spiro atoms. The fourth-order valence-electron chi connectivity index (χ4n) is 5.00. The number of hydrogen-bond donors (Lipinski definition) is 4. The van der Waals surface area contributed by atoms with E-state index in [1.54, 1.807) is 12.3 Å². The van der Waals surface area contributed by atoms with Crippen molar-refractivity contribution in [3.63, 3.8) is 0 Å². The van der Waals surface area contributed by atoms with E-state index in [2.05, 4.69) is 43.1 Å². The van der Waals surface area contributed by atoms with E-state index in [1.807, 2.05) is 12.1 Å². The van der Waals surface area contributed by atoms with Gasteiger partial charge < -0.3 is 31.5 Å². The first-order valence-electron chi connectivity index (χ1n) is 13.3. The largest absolute Gasteiger partial charge is 0.396 e. The fraction of sp³-hybridized carbons (Fsp3) is 0.407. The number of amides is 2. The molecule has 2 saturated heterocycles. The van der Waals surface area contributed by atoms with Gasteiger partial charge in [-0.15, -0.1) is 5.10 Å². The molecule has 0 atom stereocenters. The van der Waals surface area contributed by atoms with Crippen LogP contribution in [0, 0.1) is 18.7 Å². The van der Waals surface area contributed by atoms with Gasteiger partial charge >= 0.3 is 0 Å². The third kappa shape index (κ3) is 5.88. The summed E-state index contributed by atoms with van der Waals surface area (Å²) in [4.78, 5) is 30.5. The van der Waals surface area contributed by atoms with Gasteiger partial charge in [0.2, 0.25) is 5.91 Å². The molecule has 0 radical (unpaired) electrons. The summed E-state index contributed by atoms with van der Waals surface area (Å²) in [6, 6.07) is 6.82. The van der Waals surface area contributed by atoms with Gasteiger partial charge in [-0.05, 0) is 64.2 Å². The van der Waals surface area contributed by atoms with E-state index in [0.717, 1.165) is 57.8 Å². The number of carbonyl (C=O) groups excluding carboxylic acids is 2. The van der Waals surface area contributed by atoms with Crippen molar-refractivity contribution in [2.75, 3.05) is 67.6 Å². The van der Waals surface area contributed by atoms with Gasteiger partial charge in [-0.25, -0.2) is 9.07 Å². The highest BCUT2D eigenvalue weighted by Gasteiger charge is 2.24. The number of nitrogens with one attached hydrogen (secondary N) is 3. The van der Waals surface area contributed by atoms with Crippen molar-refractivity contribution in [3.05, 3.63) is 52.4 Å². The second-order valence-electron chi connectivity index (χ2n) is 10.3. The van der Waals surface area contributed by atoms with E-state index in [4.69, 9.17) is 17.3 Å². The normalized spacial score (nSPS) is 16.6. The zero-order chi connectivity index (χ0) is 28.4. The van der Waals surface area contributed by atoms with Gasteiger partial charge in [-0.1, -0.05) is 16.8 Å². The number of benzene rings is 2. The third-order valence-corrected chi connectivity index (χ3v) is 7.97. The zero-order valence-electron chi connectivity index (χ0n) is 22.5. The molecule has 13 heteroatoms. The Hall–Kier alpha value is -3.74. The summed E-state index contributed by atoms with van der Waals surface area (Å²) in [6.07, 6.45) is 3.19. The first-order chi connectivity index (χ1) is 19.2. The number of rotatable bonds is 6. The molecule has 40 heavy (non-hydrogen) atoms. The lowest BCUT2D eigenvalue weighted by Crippen LogP contribution is -2.44. The van der Waals surface area contributed by atoms with E-state index in [0.29, 0.717) is 17.2 Å². The zero-order valence-corrected chi connectivity index (χ0v) is 23.3. The number of piperidine rings is 1. The lowest BCUT2D eigenvalue weighted by molar-refractivity contribution is -0.120. The topological polar surface area (TPSA) is 133 Å². The molecule has 11 nitrogen and oxygen atoms in total. The molecule has 3 heterocycles. The van der Waals surface area contributed by atoms with Gasteiger partial charge in [0.1, 0.15) is 0 Å². The number of aromatic nitrogens is 3. The number of hydrogen-bond acceptors (Lipinski definition) is 8. The average molecular weight is 570 g/mol. The third-order valence-electron chi connectivity index (χ3n) is 7.48. The van der Waals surface area contributed by atoms with E-state index in [1.165, 1.54) is 17.7 Å². The maximum atomic E-state index is 14.2. The Balaban J connectivity index is 1.42. The maximum Gasteiger partial charge on any atom is 0.257 e. The Morgan fingerprint density at radius 3 is 2.58 bits per heavy atom. The number of nitrogen functional groups attached to an aromatic ring is 1. The summed E-state index contributed by atoms with van der Waals surface area (Å²) >= 11 is 6.33. The lowest BCUT2D eigenvalue weighted by atomic mass is 9.97. The van der Waals surface area contributed by atoms with Gasteiger partial charge in [-0.3, -0.25) is 9.59 Å². The number of anilines is 4. The molecular formula is C27H33ClFN9O2. The molecule has 0 saturated carbocycles. The van der Waals surface area contributed by atoms with Crippen molar-refractivity contribution in [3.8, 4) is 5.69 Å². The molecule has 5 N–H and O–H groups in total. The summed E-state index contributed by atoms with van der Waals surface area (Å²) in [7, 11) is 2.07. The molecule has 2 amide bonds. The van der Waals surface area contributed by atoms with Crippen LogP contribution in [0.1, 0.15) is 28.8 Å². The van der Waals surface area contributed by atoms with Crippen LogP contribution in [0.15, 0.2) is 30.5 Å². The number of likely N-dealkylation sites (N-methyl/N-ethyl adjacent to an activating group) is 1. The SMILES string of the molecule is Cc1c(F)c(N)cc(C(=O)Nc2cc(-n3cc(NC(=O)C4CCNCC4)nn3)ccc2N2CCN(C)CC2)c1Cl. The van der Waals surface area contributed by atoms with Crippen molar-refractivity contribution in [2.45, 2.75) is 19.8 Å². The molecule has 2 aliphatic heterocycles. The average Bonchev–Trinajstić information content (AvgIpc) is 3.43. The molecule has 0 bridgehead atoms. The minimum absolute atomic E-state index is 0.00640. The molecule has 2 fully saturated rings. The molecule has 5 rings (SSSR count). The second-order valence-corrected chi connectivity index (χ2v) is 10.7. The highest BCUT2D eigenvalue weighted by atomic mass is 35.5. The predicted molar refractivity (Wildman–Crippen MR) is 154 cm³/mol. The number of nitrogens with two attached hydrogens (primary N) is 1. The monoisotopic (exact) mass is 569 g/mol. The summed E-state index contributed by atoms with van der Waals surface area (Å²) in [6.45, 7) is 6.40. The van der Waals surface area contributed by atoms with Gasteiger partial charge in [0, 0.05) is 37.7 Å². The number of halogens is 2. The number of carbonyl (C=O) groups is 2. The van der Waals surface area contributed by atoms with Crippen LogP contribution in [-0.4, -0.2) is 78.0 Å². The van der Waals surface area contributed by atoms with Gasteiger partial charge in [0.15, 0.2) is 11.6 Å². The van der Waals surface area contributed by atoms with E-state index in [9.17, 15) is 14.0 Å². The molecular weight excluding hydrogens is 537 g/mol. The number of piperazine rings is 1. The molecule has 0 unspecified atom stereocenters. The van der Waals surface area contributed by atoms with Crippen LogP contribution in [0.3, 0.4) is 0 Å². The summed E-state index contributed by atoms with van der Waals surface area (Å²) in [5.41, 5.74) is 7.81. The quantitative estimate of drug-likeness (QED) is 0.333. The van der Waals surface area contributed by atoms with Gasteiger partial charge in [0.25, 0.3) is 5.91 Å². The summed E-state index contributed by atoms with van der Waals surface area (Å²) < 4.78 is 15.8. The van der Waals surface area contributed by atoms with Crippen molar-refractivity contribution in [1.82, 2.24) is 25.2 Å². The second kappa shape index (κ2) is 11.8. The van der Waals surface area contributed by atoms with Crippen molar-refractivity contribution < 1.29 is 14.0 Å². The van der Waals surface area contributed by atoms with Gasteiger partial charge in [0.05, 0.1) is 39.5 Å². The van der Waals surface area contributed by atoms with Crippen LogP contribution in [0.25, 0.3) is 5.69 Å². The van der Waals surface area contributed by atoms with Crippen LogP contribution in [0.2, 0.25) is 5.02 Å². The van der Waals surface area contributed by atoms with Crippen LogP contribution < -0.4 is 26.6 Å². The highest BCUT2D eigenvalue weighted by molar-refractivity contribution is 6.35. The van der Waals surface area contributed by atoms with E-state index < -0.39 is 11.7 Å². The Bertz CT molecular complexity index is 1420. The minimum Gasteiger partial charge on any atom is -0.396 e. The van der Waals surface area contributed by atoms with Crippen LogP contribution in [0.4, 0.5) is 27.3 Å². The molecule has 2 aliphatic rings. The van der Waals surface area contributed by atoms with Gasteiger partial charge in [-0.2, -0.15) is 0 Å². The maximum absolute atomic E-state index is 14.2. The summed E-state index contributed by atoms with van der Waals surface area (Å²) in [5.74, 6) is -0.942. The Morgan fingerprint density at radius 2 is 1.85 bits per heavy atom. The molecule has 1 aromatic heterocycles. The van der Waals surface area contributed by atoms with Crippen molar-refractivity contribution in [1.29, 1.82) is 0 Å². The number of nitrogens with zero attached hydrogens (tertiary/aromatic N) is 5. The standard InChI is InChI=1S/C27H33ClFN9O2/c1-16-24(28)19(14-20(30)25(16)29)27(40)32-21-13-18(3-4-22(21)37-11-9-36(2)10-12-37)38-15-23(34-35-38)33-26(39)17-5-7-31-8-6-17/h3-4,13-15,17,31H,5-12,30H2,1-2H3,(H,32,40)(H,33,39). The summed E-state index contributed by atoms with van der Waals surface area (Å²) in [5, 5.41) is 17.4. The fourth-order valence-corrected chi connectivity index (χ4v) is 5.22. The predicted octanol–water partition coefficient (Wildman–Crippen LogP) is 2.89. The first-order valence-corrected chi connectivity index (χ1v) is 13.7. The van der Waals surface area contributed by atoms with E-state index >= 15 is 0 Å². The van der Waals surface area contributed by atoms with Crippen LogP contribution >= 0.6 is 11.6 Å². The molecule has 0 aliphatic carbocycles. The molecule has 3 aromatic rings. The smallest absolute Gasteiger partial charge is 0.257 e. The molecule has 212 valence electrons. The highest BCUT2D eigenvalue weighted by Crippen LogP contribution is 2.32. The van der Waals surface area contributed by atoms with Crippen LogP contribution in [-0.2, 0) is 4.79 Å². The van der Waals surface area contributed by atoms with E-state index in [-0.39, 0.29) is 33.7 Å². The van der Waals surface area contributed by atoms with Crippen molar-refractivity contribution >= 4 is 46.3 Å². The minimum atomic E-state index is -0.643. The Labute approximate surface area is 236 Å². The lowest BCUT2D eigenvalue weighted by Gasteiger charge is -2.35. The Morgan fingerprint density at radius 1 is 1.12 bits per heavy atom. The first kappa shape index (κ1) is 27.8. The van der Waals surface area contributed by atoms with Crippen LogP contribution in [0.5, 0.6) is 0 Å².